The van der Waals surface area contributed by atoms with Crippen molar-refractivity contribution < 1.29 is 9.50 Å². The monoisotopic (exact) mass is 283 g/mol. The zero-order valence-electron chi connectivity index (χ0n) is 10.9. The Hall–Kier alpha value is -0.900. The molecule has 1 aliphatic carbocycles. The Kier molecular flexibility index (Phi) is 4.97. The van der Waals surface area contributed by atoms with E-state index >= 15 is 0 Å². The summed E-state index contributed by atoms with van der Waals surface area (Å²) in [7, 11) is 0. The molecule has 0 saturated heterocycles. The Morgan fingerprint density at radius 1 is 1.47 bits per heavy atom. The third kappa shape index (κ3) is 4.03. The van der Waals surface area contributed by atoms with E-state index in [9.17, 15) is 4.39 Å². The van der Waals surface area contributed by atoms with Gasteiger partial charge in [0, 0.05) is 29.6 Å². The summed E-state index contributed by atoms with van der Waals surface area (Å²) in [5.74, 6) is -0.0435. The summed E-state index contributed by atoms with van der Waals surface area (Å²) in [5, 5.41) is 13.0. The number of rotatable bonds is 5. The summed E-state index contributed by atoms with van der Waals surface area (Å²) < 4.78 is 13.0. The third-order valence-electron chi connectivity index (χ3n) is 3.45. The normalized spacial score (nSPS) is 23.8. The number of aliphatic hydroxyl groups excluding tert-OH is 1. The summed E-state index contributed by atoms with van der Waals surface area (Å²) in [5.41, 5.74) is 0.948. The van der Waals surface area contributed by atoms with E-state index in [1.54, 1.807) is 6.07 Å². The fourth-order valence-electron chi connectivity index (χ4n) is 2.48. The quantitative estimate of drug-likeness (QED) is 0.815. The van der Waals surface area contributed by atoms with Crippen molar-refractivity contribution in [3.63, 3.8) is 0 Å². The summed E-state index contributed by atoms with van der Waals surface area (Å²) in [6, 6.07) is 5.06. The predicted molar refractivity (Wildman–Crippen MR) is 75.8 cm³/mol. The van der Waals surface area contributed by atoms with Gasteiger partial charge in [0.1, 0.15) is 5.82 Å². The van der Waals surface area contributed by atoms with Crippen molar-refractivity contribution >= 4 is 11.6 Å². The van der Waals surface area contributed by atoms with Gasteiger partial charge in [0.25, 0.3) is 0 Å². The molecule has 0 aromatic heterocycles. The Balaban J connectivity index is 1.88. The molecule has 3 atom stereocenters. The number of hydrogen-bond acceptors (Lipinski definition) is 2. The Morgan fingerprint density at radius 2 is 2.26 bits per heavy atom. The van der Waals surface area contributed by atoms with Crippen LogP contribution in [0.4, 0.5) is 4.39 Å². The van der Waals surface area contributed by atoms with Crippen molar-refractivity contribution in [1.29, 1.82) is 0 Å². The minimum Gasteiger partial charge on any atom is -0.396 e. The van der Waals surface area contributed by atoms with E-state index in [0.29, 0.717) is 11.1 Å². The van der Waals surface area contributed by atoms with Gasteiger partial charge in [-0.2, -0.15) is 0 Å². The lowest BCUT2D eigenvalue weighted by atomic mass is 10.0. The first-order valence-electron chi connectivity index (χ1n) is 6.57. The smallest absolute Gasteiger partial charge is 0.124 e. The summed E-state index contributed by atoms with van der Waals surface area (Å²) in [4.78, 5) is 0. The van der Waals surface area contributed by atoms with E-state index in [-0.39, 0.29) is 24.4 Å². The van der Waals surface area contributed by atoms with Crippen molar-refractivity contribution in [1.82, 2.24) is 5.32 Å². The maximum absolute atomic E-state index is 13.0. The highest BCUT2D eigenvalue weighted by molar-refractivity contribution is 6.31. The van der Waals surface area contributed by atoms with Crippen LogP contribution in [0.5, 0.6) is 0 Å². The largest absolute Gasteiger partial charge is 0.396 e. The number of hydrogen-bond donors (Lipinski definition) is 2. The highest BCUT2D eigenvalue weighted by atomic mass is 35.5. The molecule has 4 heteroatoms. The van der Waals surface area contributed by atoms with Gasteiger partial charge in [-0.25, -0.2) is 4.39 Å². The maximum atomic E-state index is 13.0. The molecule has 0 aliphatic heterocycles. The molecule has 2 nitrogen and oxygen atoms in total. The van der Waals surface area contributed by atoms with Gasteiger partial charge in [-0.3, -0.25) is 0 Å². The molecule has 0 fully saturated rings. The lowest BCUT2D eigenvalue weighted by molar-refractivity contribution is 0.245. The number of halogens is 2. The second-order valence-electron chi connectivity index (χ2n) is 5.18. The lowest BCUT2D eigenvalue weighted by Gasteiger charge is -2.19. The molecule has 1 unspecified atom stereocenters. The number of aliphatic hydroxyl groups is 1. The van der Waals surface area contributed by atoms with E-state index in [1.807, 2.05) is 0 Å². The summed E-state index contributed by atoms with van der Waals surface area (Å²) in [6.07, 6.45) is 5.84. The Morgan fingerprint density at radius 3 is 2.89 bits per heavy atom. The molecule has 0 bridgehead atoms. The van der Waals surface area contributed by atoms with Gasteiger partial charge in [0.05, 0.1) is 0 Å². The highest BCUT2D eigenvalue weighted by Gasteiger charge is 2.19. The second-order valence-corrected chi connectivity index (χ2v) is 5.58. The van der Waals surface area contributed by atoms with Gasteiger partial charge < -0.3 is 10.4 Å². The van der Waals surface area contributed by atoms with Crippen molar-refractivity contribution in [2.24, 2.45) is 5.92 Å². The predicted octanol–water partition coefficient (Wildman–Crippen LogP) is 2.94. The van der Waals surface area contributed by atoms with Crippen LogP contribution in [-0.4, -0.2) is 23.8 Å². The van der Waals surface area contributed by atoms with Gasteiger partial charge in [-0.1, -0.05) is 29.8 Å². The first-order chi connectivity index (χ1) is 9.08. The molecule has 0 saturated carbocycles. The average Bonchev–Trinajstić information content (AvgIpc) is 2.80. The molecule has 104 valence electrons. The molecule has 0 heterocycles. The van der Waals surface area contributed by atoms with Gasteiger partial charge in [-0.15, -0.1) is 0 Å². The Bertz CT molecular complexity index is 463. The molecule has 1 aromatic carbocycles. The molecular weight excluding hydrogens is 265 g/mol. The lowest BCUT2D eigenvalue weighted by Crippen LogP contribution is -2.36. The fourth-order valence-corrected chi connectivity index (χ4v) is 2.72. The molecule has 19 heavy (non-hydrogen) atoms. The van der Waals surface area contributed by atoms with Crippen LogP contribution < -0.4 is 5.32 Å². The first kappa shape index (κ1) is 14.5. The molecule has 0 spiro atoms. The highest BCUT2D eigenvalue weighted by Crippen LogP contribution is 2.21. The van der Waals surface area contributed by atoms with Crippen LogP contribution in [-0.2, 0) is 6.42 Å². The van der Waals surface area contributed by atoms with Crippen LogP contribution >= 0.6 is 11.6 Å². The van der Waals surface area contributed by atoms with Crippen molar-refractivity contribution in [3.05, 3.63) is 46.8 Å². The van der Waals surface area contributed by atoms with E-state index in [2.05, 4.69) is 24.4 Å². The summed E-state index contributed by atoms with van der Waals surface area (Å²) in [6.45, 7) is 2.28. The number of nitrogens with one attached hydrogen (secondary N) is 1. The molecule has 2 N–H and O–H groups in total. The fraction of sp³-hybridized carbons (Fsp3) is 0.467. The molecule has 1 aromatic rings. The van der Waals surface area contributed by atoms with Gasteiger partial charge in [0.15, 0.2) is 0 Å². The SMILES string of the molecule is CC(Cc1ccc(F)cc1Cl)N[C@@H]1C=C[C@H](CO)C1. The molecule has 2 rings (SSSR count). The topological polar surface area (TPSA) is 32.3 Å². The van der Waals surface area contributed by atoms with Crippen LogP contribution in [0.3, 0.4) is 0 Å². The van der Waals surface area contributed by atoms with Crippen molar-refractivity contribution in [3.8, 4) is 0 Å². The van der Waals surface area contributed by atoms with Crippen molar-refractivity contribution in [2.45, 2.75) is 31.8 Å². The molecule has 0 amide bonds. The average molecular weight is 284 g/mol. The van der Waals surface area contributed by atoms with Gasteiger partial charge >= 0.3 is 0 Å². The minimum absolute atomic E-state index is 0.201. The van der Waals surface area contributed by atoms with E-state index in [0.717, 1.165) is 18.4 Å². The summed E-state index contributed by atoms with van der Waals surface area (Å²) >= 11 is 6.02. The maximum Gasteiger partial charge on any atom is 0.124 e. The molecule has 0 radical (unpaired) electrons. The van der Waals surface area contributed by atoms with Crippen molar-refractivity contribution in [2.75, 3.05) is 6.61 Å². The van der Waals surface area contributed by atoms with E-state index in [4.69, 9.17) is 16.7 Å². The zero-order chi connectivity index (χ0) is 13.8. The molecular formula is C15H19ClFNO. The molecule has 1 aliphatic rings. The van der Waals surface area contributed by atoms with E-state index < -0.39 is 0 Å². The van der Waals surface area contributed by atoms with Crippen LogP contribution in [0.2, 0.25) is 5.02 Å². The van der Waals surface area contributed by atoms with Gasteiger partial charge in [-0.05, 0) is 37.5 Å². The zero-order valence-corrected chi connectivity index (χ0v) is 11.7. The van der Waals surface area contributed by atoms with E-state index in [1.165, 1.54) is 12.1 Å². The minimum atomic E-state index is -0.307. The van der Waals surface area contributed by atoms with Gasteiger partial charge in [0.2, 0.25) is 0 Å². The third-order valence-corrected chi connectivity index (χ3v) is 3.80. The van der Waals surface area contributed by atoms with Crippen LogP contribution in [0, 0.1) is 11.7 Å². The number of benzene rings is 1. The second kappa shape index (κ2) is 6.51. The van der Waals surface area contributed by atoms with Crippen LogP contribution in [0.25, 0.3) is 0 Å². The van der Waals surface area contributed by atoms with Crippen LogP contribution in [0.1, 0.15) is 18.9 Å². The first-order valence-corrected chi connectivity index (χ1v) is 6.95. The Labute approximate surface area is 118 Å². The van der Waals surface area contributed by atoms with Crippen LogP contribution in [0.15, 0.2) is 30.4 Å². The standard InChI is InChI=1S/C15H19ClFNO/c1-10(18-14-5-2-11(7-14)9-19)6-12-3-4-13(17)8-15(12)16/h2-5,8,10-11,14,18-19H,6-7,9H2,1H3/t10?,11-,14+/m0/s1.